The highest BCUT2D eigenvalue weighted by atomic mass is 32.2. The van der Waals surface area contributed by atoms with Gasteiger partial charge in [0, 0.05) is 6.61 Å². The Bertz CT molecular complexity index is 369. The van der Waals surface area contributed by atoms with Crippen LogP contribution in [0.5, 0.6) is 0 Å². The average molecular weight is 248 g/mol. The predicted octanol–water partition coefficient (Wildman–Crippen LogP) is 0.158. The maximum Gasteiger partial charge on any atom is 0.307 e. The van der Waals surface area contributed by atoms with Crippen molar-refractivity contribution in [3.63, 3.8) is 0 Å². The molecule has 5 nitrogen and oxygen atoms in total. The van der Waals surface area contributed by atoms with Crippen molar-refractivity contribution in [3.05, 3.63) is 0 Å². The van der Waals surface area contributed by atoms with E-state index >= 15 is 0 Å². The third-order valence-electron chi connectivity index (χ3n) is 3.53. The molecule has 1 N–H and O–H groups in total. The first-order valence-electron chi connectivity index (χ1n) is 5.50. The van der Waals surface area contributed by atoms with Crippen LogP contribution >= 0.6 is 0 Å². The van der Waals surface area contributed by atoms with Crippen LogP contribution in [-0.2, 0) is 19.4 Å². The number of carbonyl (C=O) groups is 1. The highest BCUT2D eigenvalue weighted by Crippen LogP contribution is 2.34. The second-order valence-electron chi connectivity index (χ2n) is 4.65. The monoisotopic (exact) mass is 248 g/mol. The lowest BCUT2D eigenvalue weighted by atomic mass is 9.81. The Kier molecular flexibility index (Phi) is 3.21. The summed E-state index contributed by atoms with van der Waals surface area (Å²) in [6, 6.07) is 0. The number of sulfone groups is 1. The van der Waals surface area contributed by atoms with Gasteiger partial charge in [0.2, 0.25) is 0 Å². The summed E-state index contributed by atoms with van der Waals surface area (Å²) in [6.45, 7) is 1.04. The maximum absolute atomic E-state index is 11.4. The van der Waals surface area contributed by atoms with E-state index in [4.69, 9.17) is 4.74 Å². The number of carboxylic acids is 1. The lowest BCUT2D eigenvalue weighted by Crippen LogP contribution is -2.32. The third kappa shape index (κ3) is 2.38. The summed E-state index contributed by atoms with van der Waals surface area (Å²) in [5.74, 6) is -1.52. The third-order valence-corrected chi connectivity index (χ3v) is 5.33. The van der Waals surface area contributed by atoms with Gasteiger partial charge >= 0.3 is 5.97 Å². The van der Waals surface area contributed by atoms with E-state index in [1.54, 1.807) is 0 Å². The van der Waals surface area contributed by atoms with Gasteiger partial charge in [-0.3, -0.25) is 4.79 Å². The van der Waals surface area contributed by atoms with Crippen molar-refractivity contribution >= 4 is 15.8 Å². The molecule has 2 rings (SSSR count). The van der Waals surface area contributed by atoms with Crippen molar-refractivity contribution in [1.82, 2.24) is 0 Å². The van der Waals surface area contributed by atoms with Crippen LogP contribution in [0, 0.1) is 17.8 Å². The minimum absolute atomic E-state index is 0.0178. The minimum Gasteiger partial charge on any atom is -0.481 e. The molecule has 2 fully saturated rings. The molecule has 6 heteroatoms. The number of hydrogen-bond acceptors (Lipinski definition) is 4. The van der Waals surface area contributed by atoms with Crippen molar-refractivity contribution in [1.29, 1.82) is 0 Å². The summed E-state index contributed by atoms with van der Waals surface area (Å²) >= 11 is 0. The van der Waals surface area contributed by atoms with Crippen molar-refractivity contribution in [2.24, 2.45) is 17.8 Å². The van der Waals surface area contributed by atoms with Crippen LogP contribution in [0.15, 0.2) is 0 Å². The van der Waals surface area contributed by atoms with Gasteiger partial charge in [-0.15, -0.1) is 0 Å². The lowest BCUT2D eigenvalue weighted by molar-refractivity contribution is -0.145. The number of carboxylic acid groups (broad SMARTS) is 1. The molecule has 2 heterocycles. The SMILES string of the molecule is O=C(O)C(C1CCOC1)C1CCS(=O)(=O)C1. The molecule has 2 aliphatic heterocycles. The quantitative estimate of drug-likeness (QED) is 0.769. The van der Waals surface area contributed by atoms with Crippen molar-refractivity contribution in [2.45, 2.75) is 12.8 Å². The minimum atomic E-state index is -3.01. The highest BCUT2D eigenvalue weighted by molar-refractivity contribution is 7.91. The molecule has 2 aliphatic rings. The second-order valence-corrected chi connectivity index (χ2v) is 6.88. The molecule has 0 aromatic carbocycles. The number of aliphatic carboxylic acids is 1. The van der Waals surface area contributed by atoms with Crippen LogP contribution < -0.4 is 0 Å². The normalized spacial score (nSPS) is 35.0. The summed E-state index contributed by atoms with van der Waals surface area (Å²) < 4.78 is 27.9. The first kappa shape index (κ1) is 11.9. The molecule has 0 amide bonds. The van der Waals surface area contributed by atoms with E-state index in [0.29, 0.717) is 19.6 Å². The average Bonchev–Trinajstić information content (AvgIpc) is 2.76. The van der Waals surface area contributed by atoms with Gasteiger partial charge in [-0.1, -0.05) is 0 Å². The molecular formula is C10H16O5S. The van der Waals surface area contributed by atoms with E-state index in [2.05, 4.69) is 0 Å². The fourth-order valence-electron chi connectivity index (χ4n) is 2.73. The molecule has 92 valence electrons. The second kappa shape index (κ2) is 4.33. The Morgan fingerprint density at radius 2 is 2.06 bits per heavy atom. The summed E-state index contributed by atoms with van der Waals surface area (Å²) in [7, 11) is -3.01. The molecule has 3 atom stereocenters. The standard InChI is InChI=1S/C10H16O5S/c11-10(12)9(7-1-3-15-5-7)8-2-4-16(13,14)6-8/h7-9H,1-6H2,(H,11,12). The van der Waals surface area contributed by atoms with Crippen LogP contribution in [0.25, 0.3) is 0 Å². The predicted molar refractivity (Wildman–Crippen MR) is 56.8 cm³/mol. The zero-order valence-electron chi connectivity index (χ0n) is 8.96. The zero-order chi connectivity index (χ0) is 11.8. The smallest absolute Gasteiger partial charge is 0.307 e. The fourth-order valence-corrected chi connectivity index (χ4v) is 4.59. The molecule has 16 heavy (non-hydrogen) atoms. The Hall–Kier alpha value is -0.620. The first-order chi connectivity index (χ1) is 7.49. The van der Waals surface area contributed by atoms with E-state index in [9.17, 15) is 18.3 Å². The number of ether oxygens (including phenoxy) is 1. The molecule has 0 aromatic heterocycles. The lowest BCUT2D eigenvalue weighted by Gasteiger charge is -2.23. The summed E-state index contributed by atoms with van der Waals surface area (Å²) in [4.78, 5) is 11.2. The summed E-state index contributed by atoms with van der Waals surface area (Å²) in [5, 5.41) is 9.21. The molecule has 0 saturated carbocycles. The van der Waals surface area contributed by atoms with Crippen LogP contribution in [0.4, 0.5) is 0 Å². The molecule has 0 aromatic rings. The van der Waals surface area contributed by atoms with Gasteiger partial charge in [0.05, 0.1) is 24.0 Å². The number of hydrogen-bond donors (Lipinski definition) is 1. The Morgan fingerprint density at radius 1 is 1.31 bits per heavy atom. The maximum atomic E-state index is 11.4. The largest absolute Gasteiger partial charge is 0.481 e. The van der Waals surface area contributed by atoms with Gasteiger partial charge in [-0.05, 0) is 24.7 Å². The van der Waals surface area contributed by atoms with E-state index in [1.165, 1.54) is 0 Å². The van der Waals surface area contributed by atoms with E-state index in [-0.39, 0.29) is 23.3 Å². The topological polar surface area (TPSA) is 80.7 Å². The molecular weight excluding hydrogens is 232 g/mol. The zero-order valence-corrected chi connectivity index (χ0v) is 9.78. The Morgan fingerprint density at radius 3 is 2.50 bits per heavy atom. The van der Waals surface area contributed by atoms with Crippen LogP contribution in [-0.4, -0.2) is 44.2 Å². The molecule has 2 saturated heterocycles. The molecule has 0 radical (unpaired) electrons. The Balaban J connectivity index is 2.11. The van der Waals surface area contributed by atoms with Gasteiger partial charge in [-0.25, -0.2) is 8.42 Å². The van der Waals surface area contributed by atoms with Crippen molar-refractivity contribution in [2.75, 3.05) is 24.7 Å². The van der Waals surface area contributed by atoms with Crippen molar-refractivity contribution < 1.29 is 23.1 Å². The Labute approximate surface area is 94.7 Å². The van der Waals surface area contributed by atoms with Gasteiger partial charge in [0.15, 0.2) is 9.84 Å². The summed E-state index contributed by atoms with van der Waals surface area (Å²) in [5.41, 5.74) is 0. The van der Waals surface area contributed by atoms with Crippen LogP contribution in [0.3, 0.4) is 0 Å². The highest BCUT2D eigenvalue weighted by Gasteiger charge is 2.42. The molecule has 0 bridgehead atoms. The van der Waals surface area contributed by atoms with Gasteiger partial charge in [-0.2, -0.15) is 0 Å². The van der Waals surface area contributed by atoms with Gasteiger partial charge in [0.1, 0.15) is 0 Å². The van der Waals surface area contributed by atoms with Gasteiger partial charge in [0.25, 0.3) is 0 Å². The van der Waals surface area contributed by atoms with Gasteiger partial charge < -0.3 is 9.84 Å². The van der Waals surface area contributed by atoms with Crippen LogP contribution in [0.1, 0.15) is 12.8 Å². The molecule has 0 spiro atoms. The fraction of sp³-hybridized carbons (Fsp3) is 0.900. The van der Waals surface area contributed by atoms with E-state index < -0.39 is 21.7 Å². The molecule has 0 aliphatic carbocycles. The number of rotatable bonds is 3. The van der Waals surface area contributed by atoms with E-state index in [0.717, 1.165) is 6.42 Å². The first-order valence-corrected chi connectivity index (χ1v) is 7.33. The van der Waals surface area contributed by atoms with E-state index in [1.807, 2.05) is 0 Å². The van der Waals surface area contributed by atoms with Crippen molar-refractivity contribution in [3.8, 4) is 0 Å². The molecule has 3 unspecified atom stereocenters. The summed E-state index contributed by atoms with van der Waals surface area (Å²) in [6.07, 6.45) is 1.21. The van der Waals surface area contributed by atoms with Crippen LogP contribution in [0.2, 0.25) is 0 Å².